The van der Waals surface area contributed by atoms with E-state index in [4.69, 9.17) is 5.26 Å². The molecule has 2 aromatic heterocycles. The molecule has 5 heteroatoms. The van der Waals surface area contributed by atoms with Gasteiger partial charge in [-0.3, -0.25) is 4.98 Å². The lowest BCUT2D eigenvalue weighted by atomic mass is 10.1. The number of aliphatic hydroxyl groups excluding tert-OH is 1. The average Bonchev–Trinajstić information content (AvgIpc) is 3.00. The van der Waals surface area contributed by atoms with Crippen molar-refractivity contribution in [2.24, 2.45) is 0 Å². The predicted molar refractivity (Wildman–Crippen MR) is 77.9 cm³/mol. The summed E-state index contributed by atoms with van der Waals surface area (Å²) in [6, 6.07) is 12.9. The summed E-state index contributed by atoms with van der Waals surface area (Å²) < 4.78 is 0. The van der Waals surface area contributed by atoms with Crippen molar-refractivity contribution in [2.75, 3.05) is 0 Å². The van der Waals surface area contributed by atoms with Crippen LogP contribution >= 0.6 is 0 Å². The van der Waals surface area contributed by atoms with Gasteiger partial charge in [0.25, 0.3) is 0 Å². The van der Waals surface area contributed by atoms with Crippen LogP contribution in [-0.4, -0.2) is 20.1 Å². The lowest BCUT2D eigenvalue weighted by Crippen LogP contribution is -1.88. The second kappa shape index (κ2) is 5.57. The van der Waals surface area contributed by atoms with Crippen LogP contribution < -0.4 is 0 Å². The Bertz CT molecular complexity index is 785. The van der Waals surface area contributed by atoms with E-state index in [1.165, 1.54) is 0 Å². The van der Waals surface area contributed by atoms with Gasteiger partial charge in [0.15, 0.2) is 0 Å². The minimum absolute atomic E-state index is 0.131. The molecule has 3 aromatic rings. The number of nitrogens with zero attached hydrogens (tertiary/aromatic N) is 3. The summed E-state index contributed by atoms with van der Waals surface area (Å²) in [6.45, 7) is -0.131. The fourth-order valence-electron chi connectivity index (χ4n) is 2.10. The van der Waals surface area contributed by atoms with Crippen molar-refractivity contribution in [3.8, 4) is 28.7 Å². The number of pyridine rings is 1. The van der Waals surface area contributed by atoms with Gasteiger partial charge >= 0.3 is 0 Å². The van der Waals surface area contributed by atoms with Crippen LogP contribution in [0.15, 0.2) is 48.8 Å². The Morgan fingerprint density at radius 2 is 1.95 bits per heavy atom. The Morgan fingerprint density at radius 1 is 1.14 bits per heavy atom. The number of H-pyrrole nitrogens is 1. The maximum atomic E-state index is 9.49. The largest absolute Gasteiger partial charge is 0.390 e. The lowest BCUT2D eigenvalue weighted by Gasteiger charge is -1.97. The molecule has 3 rings (SSSR count). The van der Waals surface area contributed by atoms with Gasteiger partial charge < -0.3 is 10.1 Å². The SMILES string of the molecule is N#Cc1ccc(-c2nc(-c3cccnc3)c(CO)[nH]2)cc1. The highest BCUT2D eigenvalue weighted by Gasteiger charge is 2.12. The van der Waals surface area contributed by atoms with Gasteiger partial charge in [-0.25, -0.2) is 4.98 Å². The van der Waals surface area contributed by atoms with Crippen LogP contribution in [0.3, 0.4) is 0 Å². The minimum Gasteiger partial charge on any atom is -0.390 e. The van der Waals surface area contributed by atoms with E-state index < -0.39 is 0 Å². The van der Waals surface area contributed by atoms with E-state index in [0.717, 1.165) is 11.1 Å². The quantitative estimate of drug-likeness (QED) is 0.769. The topological polar surface area (TPSA) is 85.6 Å². The highest BCUT2D eigenvalue weighted by molar-refractivity contribution is 5.67. The van der Waals surface area contributed by atoms with E-state index >= 15 is 0 Å². The van der Waals surface area contributed by atoms with E-state index in [9.17, 15) is 5.11 Å². The second-order valence-electron chi connectivity index (χ2n) is 4.50. The second-order valence-corrected chi connectivity index (χ2v) is 4.50. The molecule has 0 amide bonds. The van der Waals surface area contributed by atoms with Crippen LogP contribution in [-0.2, 0) is 6.61 Å². The molecule has 2 heterocycles. The summed E-state index contributed by atoms with van der Waals surface area (Å²) in [5, 5.41) is 18.3. The monoisotopic (exact) mass is 276 g/mol. The molecule has 0 bridgehead atoms. The molecule has 0 aliphatic heterocycles. The van der Waals surface area contributed by atoms with Gasteiger partial charge in [0.1, 0.15) is 5.82 Å². The lowest BCUT2D eigenvalue weighted by molar-refractivity contribution is 0.278. The normalized spacial score (nSPS) is 10.3. The van der Waals surface area contributed by atoms with E-state index in [1.54, 1.807) is 24.5 Å². The molecule has 0 spiro atoms. The van der Waals surface area contributed by atoms with E-state index in [0.29, 0.717) is 22.8 Å². The van der Waals surface area contributed by atoms with Gasteiger partial charge in [-0.05, 0) is 36.4 Å². The standard InChI is InChI=1S/C16H12N4O/c17-8-11-3-5-12(6-4-11)16-19-14(10-21)15(20-16)13-2-1-7-18-9-13/h1-7,9,21H,10H2,(H,19,20). The van der Waals surface area contributed by atoms with Crippen molar-refractivity contribution in [3.63, 3.8) is 0 Å². The predicted octanol–water partition coefficient (Wildman–Crippen LogP) is 2.50. The van der Waals surface area contributed by atoms with Gasteiger partial charge in [0.2, 0.25) is 0 Å². The van der Waals surface area contributed by atoms with Crippen molar-refractivity contribution < 1.29 is 5.11 Å². The summed E-state index contributed by atoms with van der Waals surface area (Å²) in [5.74, 6) is 0.655. The molecule has 0 atom stereocenters. The Balaban J connectivity index is 2.05. The first-order chi connectivity index (χ1) is 10.3. The number of rotatable bonds is 3. The van der Waals surface area contributed by atoms with Gasteiger partial charge in [0.05, 0.1) is 29.6 Å². The highest BCUT2D eigenvalue weighted by atomic mass is 16.3. The van der Waals surface area contributed by atoms with E-state index in [-0.39, 0.29) is 6.61 Å². The van der Waals surface area contributed by atoms with Crippen molar-refractivity contribution >= 4 is 0 Å². The highest BCUT2D eigenvalue weighted by Crippen LogP contribution is 2.25. The fraction of sp³-hybridized carbons (Fsp3) is 0.0625. The van der Waals surface area contributed by atoms with Crippen LogP contribution in [0.25, 0.3) is 22.6 Å². The summed E-state index contributed by atoms with van der Waals surface area (Å²) in [6.07, 6.45) is 3.40. The first kappa shape index (κ1) is 13.0. The van der Waals surface area contributed by atoms with E-state index in [2.05, 4.69) is 21.0 Å². The summed E-state index contributed by atoms with van der Waals surface area (Å²) >= 11 is 0. The molecular weight excluding hydrogens is 264 g/mol. The van der Waals surface area contributed by atoms with Crippen LogP contribution in [0, 0.1) is 11.3 Å². The number of hydrogen-bond acceptors (Lipinski definition) is 4. The maximum Gasteiger partial charge on any atom is 0.138 e. The van der Waals surface area contributed by atoms with Crippen molar-refractivity contribution in [1.82, 2.24) is 15.0 Å². The molecule has 0 aliphatic rings. The fourth-order valence-corrected chi connectivity index (χ4v) is 2.10. The molecule has 5 nitrogen and oxygen atoms in total. The molecule has 0 saturated carbocycles. The molecule has 1 aromatic carbocycles. The zero-order chi connectivity index (χ0) is 14.7. The smallest absolute Gasteiger partial charge is 0.138 e. The number of aliphatic hydroxyl groups is 1. The third kappa shape index (κ3) is 2.53. The third-order valence-electron chi connectivity index (χ3n) is 3.16. The summed E-state index contributed by atoms with van der Waals surface area (Å²) in [5.41, 5.74) is 3.63. The minimum atomic E-state index is -0.131. The van der Waals surface area contributed by atoms with Gasteiger partial charge in [-0.2, -0.15) is 5.26 Å². The third-order valence-corrected chi connectivity index (χ3v) is 3.16. The number of benzene rings is 1. The molecule has 0 radical (unpaired) electrons. The van der Waals surface area contributed by atoms with Crippen LogP contribution in [0.4, 0.5) is 0 Å². The van der Waals surface area contributed by atoms with Crippen molar-refractivity contribution in [1.29, 1.82) is 5.26 Å². The molecule has 0 saturated heterocycles. The Morgan fingerprint density at radius 3 is 2.57 bits per heavy atom. The number of aromatic amines is 1. The summed E-state index contributed by atoms with van der Waals surface area (Å²) in [4.78, 5) is 11.7. The van der Waals surface area contributed by atoms with Gasteiger partial charge in [0, 0.05) is 23.5 Å². The molecule has 102 valence electrons. The number of aromatic nitrogens is 3. The number of nitrogens with one attached hydrogen (secondary N) is 1. The summed E-state index contributed by atoms with van der Waals surface area (Å²) in [7, 11) is 0. The van der Waals surface area contributed by atoms with Crippen molar-refractivity contribution in [2.45, 2.75) is 6.61 Å². The Hall–Kier alpha value is -2.97. The molecule has 0 unspecified atom stereocenters. The van der Waals surface area contributed by atoms with Crippen LogP contribution in [0.1, 0.15) is 11.3 Å². The number of hydrogen-bond donors (Lipinski definition) is 2. The molecule has 2 N–H and O–H groups in total. The first-order valence-corrected chi connectivity index (χ1v) is 6.42. The number of imidazole rings is 1. The van der Waals surface area contributed by atoms with E-state index in [1.807, 2.05) is 24.3 Å². The van der Waals surface area contributed by atoms with Crippen LogP contribution in [0.2, 0.25) is 0 Å². The van der Waals surface area contributed by atoms with Crippen LogP contribution in [0.5, 0.6) is 0 Å². The zero-order valence-electron chi connectivity index (χ0n) is 11.1. The average molecular weight is 276 g/mol. The Kier molecular flexibility index (Phi) is 3.46. The molecule has 21 heavy (non-hydrogen) atoms. The number of nitriles is 1. The molecule has 0 aliphatic carbocycles. The van der Waals surface area contributed by atoms with Crippen molar-refractivity contribution in [3.05, 3.63) is 60.0 Å². The first-order valence-electron chi connectivity index (χ1n) is 6.42. The van der Waals surface area contributed by atoms with Gasteiger partial charge in [-0.1, -0.05) is 0 Å². The zero-order valence-corrected chi connectivity index (χ0v) is 11.1. The van der Waals surface area contributed by atoms with Gasteiger partial charge in [-0.15, -0.1) is 0 Å². The Labute approximate surface area is 121 Å². The molecular formula is C16H12N4O. The molecule has 0 fully saturated rings. The maximum absolute atomic E-state index is 9.49.